The molecule has 0 saturated carbocycles. The molecule has 136 valence electrons. The molecule has 9 heteroatoms. The van der Waals surface area contributed by atoms with Gasteiger partial charge in [-0.15, -0.1) is 0 Å². The van der Waals surface area contributed by atoms with Gasteiger partial charge in [-0.05, 0) is 24.7 Å². The highest BCUT2D eigenvalue weighted by Crippen LogP contribution is 2.29. The van der Waals surface area contributed by atoms with E-state index in [1.54, 1.807) is 37.2 Å². The van der Waals surface area contributed by atoms with Crippen LogP contribution in [0.2, 0.25) is 0 Å². The van der Waals surface area contributed by atoms with Crippen LogP contribution in [0.4, 0.5) is 8.78 Å². The average molecular weight is 354 g/mol. The van der Waals surface area contributed by atoms with Crippen LogP contribution in [-0.4, -0.2) is 36.5 Å². The summed E-state index contributed by atoms with van der Waals surface area (Å²) in [6.45, 7) is -2.81. The van der Waals surface area contributed by atoms with Crippen LogP contribution < -0.4 is 20.1 Å². The monoisotopic (exact) mass is 354 g/mol. The van der Waals surface area contributed by atoms with Crippen molar-refractivity contribution in [3.63, 3.8) is 0 Å². The van der Waals surface area contributed by atoms with Gasteiger partial charge in [0.15, 0.2) is 11.5 Å². The van der Waals surface area contributed by atoms with Gasteiger partial charge in [0.1, 0.15) is 6.04 Å². The Morgan fingerprint density at radius 1 is 1.36 bits per heavy atom. The number of hydrogen-bond acceptors (Lipinski definition) is 5. The van der Waals surface area contributed by atoms with E-state index < -0.39 is 12.7 Å². The number of benzene rings is 1. The molecule has 1 aromatic heterocycles. The summed E-state index contributed by atoms with van der Waals surface area (Å²) in [4.78, 5) is 12.4. The minimum atomic E-state index is -2.96. The maximum Gasteiger partial charge on any atom is 0.387 e. The smallest absolute Gasteiger partial charge is 0.387 e. The highest BCUT2D eigenvalue weighted by atomic mass is 19.3. The number of aryl methyl sites for hydroxylation is 1. The molecule has 2 rings (SSSR count). The van der Waals surface area contributed by atoms with Crippen molar-refractivity contribution in [2.75, 3.05) is 14.2 Å². The van der Waals surface area contributed by atoms with Crippen LogP contribution in [0.15, 0.2) is 30.6 Å². The van der Waals surface area contributed by atoms with Crippen molar-refractivity contribution < 1.29 is 23.0 Å². The van der Waals surface area contributed by atoms with Crippen LogP contribution in [0.3, 0.4) is 0 Å². The minimum Gasteiger partial charge on any atom is -0.493 e. The Labute approximate surface area is 143 Å². The van der Waals surface area contributed by atoms with Gasteiger partial charge in [-0.1, -0.05) is 6.07 Å². The molecule has 0 fully saturated rings. The van der Waals surface area contributed by atoms with Gasteiger partial charge in [-0.3, -0.25) is 9.48 Å². The van der Waals surface area contributed by atoms with Crippen molar-refractivity contribution in [1.29, 1.82) is 0 Å². The van der Waals surface area contributed by atoms with Crippen molar-refractivity contribution in [3.8, 4) is 11.5 Å². The van der Waals surface area contributed by atoms with Gasteiger partial charge in [0, 0.05) is 25.4 Å². The van der Waals surface area contributed by atoms with Crippen molar-refractivity contribution in [2.24, 2.45) is 7.05 Å². The van der Waals surface area contributed by atoms with Gasteiger partial charge < -0.3 is 20.1 Å². The summed E-state index contributed by atoms with van der Waals surface area (Å²) >= 11 is 0. The Bertz CT molecular complexity index is 721. The van der Waals surface area contributed by atoms with E-state index in [0.29, 0.717) is 5.56 Å². The Kier molecular flexibility index (Phi) is 6.29. The molecule has 2 N–H and O–H groups in total. The third-order valence-electron chi connectivity index (χ3n) is 3.52. The maximum absolute atomic E-state index is 12.5. The van der Waals surface area contributed by atoms with E-state index >= 15 is 0 Å². The second-order valence-corrected chi connectivity index (χ2v) is 5.25. The predicted molar refractivity (Wildman–Crippen MR) is 86.5 cm³/mol. The first-order chi connectivity index (χ1) is 11.9. The fourth-order valence-electron chi connectivity index (χ4n) is 2.35. The number of alkyl halides is 2. The lowest BCUT2D eigenvalue weighted by Gasteiger charge is -2.15. The van der Waals surface area contributed by atoms with E-state index in [1.165, 1.54) is 19.2 Å². The van der Waals surface area contributed by atoms with E-state index in [4.69, 9.17) is 4.74 Å². The van der Waals surface area contributed by atoms with Gasteiger partial charge in [0.2, 0.25) is 5.91 Å². The van der Waals surface area contributed by atoms with E-state index in [2.05, 4.69) is 20.5 Å². The fourth-order valence-corrected chi connectivity index (χ4v) is 2.35. The quantitative estimate of drug-likeness (QED) is 0.753. The highest BCUT2D eigenvalue weighted by Gasteiger charge is 2.20. The van der Waals surface area contributed by atoms with Crippen LogP contribution >= 0.6 is 0 Å². The molecular formula is C16H20F2N4O3. The van der Waals surface area contributed by atoms with Gasteiger partial charge >= 0.3 is 6.61 Å². The molecule has 0 aliphatic carbocycles. The summed E-state index contributed by atoms with van der Waals surface area (Å²) in [5.74, 6) is -0.150. The summed E-state index contributed by atoms with van der Waals surface area (Å²) in [7, 11) is 4.79. The summed E-state index contributed by atoms with van der Waals surface area (Å²) in [5, 5.41) is 9.71. The highest BCUT2D eigenvalue weighted by molar-refractivity contribution is 5.83. The predicted octanol–water partition coefficient (Wildman–Crippen LogP) is 1.61. The van der Waals surface area contributed by atoms with Gasteiger partial charge in [0.25, 0.3) is 0 Å². The molecule has 1 unspecified atom stereocenters. The fraction of sp³-hybridized carbons (Fsp3) is 0.375. The number of hydrogen-bond donors (Lipinski definition) is 2. The van der Waals surface area contributed by atoms with Crippen LogP contribution in [0.5, 0.6) is 11.5 Å². The van der Waals surface area contributed by atoms with Crippen LogP contribution in [0, 0.1) is 0 Å². The number of amides is 1. The lowest BCUT2D eigenvalue weighted by Crippen LogP contribution is -2.35. The molecule has 0 saturated heterocycles. The second-order valence-electron chi connectivity index (χ2n) is 5.25. The summed E-state index contributed by atoms with van der Waals surface area (Å²) in [6.07, 6.45) is 3.34. The Morgan fingerprint density at radius 3 is 2.68 bits per heavy atom. The van der Waals surface area contributed by atoms with E-state index in [1.807, 2.05) is 0 Å². The van der Waals surface area contributed by atoms with Gasteiger partial charge in [0.05, 0.1) is 13.3 Å². The maximum atomic E-state index is 12.5. The van der Waals surface area contributed by atoms with Crippen molar-refractivity contribution in [2.45, 2.75) is 19.2 Å². The largest absolute Gasteiger partial charge is 0.493 e. The molecule has 0 bridgehead atoms. The lowest BCUT2D eigenvalue weighted by atomic mass is 10.1. The van der Waals surface area contributed by atoms with Crippen LogP contribution in [0.1, 0.15) is 17.2 Å². The molecule has 0 spiro atoms. The first-order valence-corrected chi connectivity index (χ1v) is 7.49. The Balaban J connectivity index is 2.05. The standard InChI is InChI=1S/C16H20F2N4O3/c1-19-14(11-8-21-22(2)9-11)15(23)20-7-10-4-5-12(24-3)13(6-10)25-16(17)18/h4-6,8-9,14,16,19H,7H2,1-3H3,(H,20,23). The van der Waals surface area contributed by atoms with Crippen molar-refractivity contribution >= 4 is 5.91 Å². The number of likely N-dealkylation sites (N-methyl/N-ethyl adjacent to an activating group) is 1. The number of carbonyl (C=O) groups is 1. The normalized spacial score (nSPS) is 12.1. The summed E-state index contributed by atoms with van der Waals surface area (Å²) < 4.78 is 35.9. The zero-order chi connectivity index (χ0) is 18.4. The van der Waals surface area contributed by atoms with Crippen molar-refractivity contribution in [3.05, 3.63) is 41.7 Å². The molecule has 1 aromatic carbocycles. The number of halogens is 2. The number of rotatable bonds is 8. The number of methoxy groups -OCH3 is 1. The van der Waals surface area contributed by atoms with E-state index in [0.717, 1.165) is 5.56 Å². The van der Waals surface area contributed by atoms with Crippen LogP contribution in [-0.2, 0) is 18.4 Å². The molecule has 0 aliphatic heterocycles. The summed E-state index contributed by atoms with van der Waals surface area (Å²) in [6, 6.07) is 4.01. The van der Waals surface area contributed by atoms with Crippen molar-refractivity contribution in [1.82, 2.24) is 20.4 Å². The van der Waals surface area contributed by atoms with Gasteiger partial charge in [-0.25, -0.2) is 0 Å². The average Bonchev–Trinajstić information content (AvgIpc) is 2.99. The number of nitrogens with zero attached hydrogens (tertiary/aromatic N) is 2. The molecule has 25 heavy (non-hydrogen) atoms. The lowest BCUT2D eigenvalue weighted by molar-refractivity contribution is -0.123. The Morgan fingerprint density at radius 2 is 2.12 bits per heavy atom. The van der Waals surface area contributed by atoms with Gasteiger partial charge in [-0.2, -0.15) is 13.9 Å². The molecule has 0 radical (unpaired) electrons. The topological polar surface area (TPSA) is 77.4 Å². The van der Waals surface area contributed by atoms with Crippen LogP contribution in [0.25, 0.3) is 0 Å². The molecule has 0 aliphatic rings. The second kappa shape index (κ2) is 8.43. The number of nitrogens with one attached hydrogen (secondary N) is 2. The third-order valence-corrected chi connectivity index (χ3v) is 3.52. The molecule has 1 atom stereocenters. The SMILES string of the molecule is CNC(C(=O)NCc1ccc(OC)c(OC(F)F)c1)c1cnn(C)c1. The molecule has 1 amide bonds. The molecule has 2 aromatic rings. The van der Waals surface area contributed by atoms with E-state index in [-0.39, 0.29) is 24.0 Å². The number of ether oxygens (including phenoxy) is 2. The zero-order valence-corrected chi connectivity index (χ0v) is 14.1. The molecular weight excluding hydrogens is 334 g/mol. The Hall–Kier alpha value is -2.68. The first-order valence-electron chi connectivity index (χ1n) is 7.49. The van der Waals surface area contributed by atoms with E-state index in [9.17, 15) is 13.6 Å². The number of aromatic nitrogens is 2. The zero-order valence-electron chi connectivity index (χ0n) is 14.1. The first kappa shape index (κ1) is 18.7. The molecule has 7 nitrogen and oxygen atoms in total. The number of carbonyl (C=O) groups excluding carboxylic acids is 1. The minimum absolute atomic E-state index is 0.0818. The molecule has 1 heterocycles. The third kappa shape index (κ3) is 4.90. The summed E-state index contributed by atoms with van der Waals surface area (Å²) in [5.41, 5.74) is 1.32.